The number of hydrogen-bond acceptors (Lipinski definition) is 2. The largest absolute Gasteiger partial charge is 0.308 e. The van der Waals surface area contributed by atoms with Gasteiger partial charge in [-0.15, -0.1) is 11.8 Å². The van der Waals surface area contributed by atoms with Crippen LogP contribution in [0.2, 0.25) is 0 Å². The lowest BCUT2D eigenvalue weighted by atomic mass is 10.0. The molecular formula is C14H20N2. The van der Waals surface area contributed by atoms with E-state index in [0.717, 1.165) is 18.7 Å². The zero-order chi connectivity index (χ0) is 12.0. The van der Waals surface area contributed by atoms with Crippen LogP contribution in [0.25, 0.3) is 0 Å². The highest BCUT2D eigenvalue weighted by molar-refractivity contribution is 5.26. The van der Waals surface area contributed by atoms with Crippen LogP contribution in [-0.2, 0) is 0 Å². The van der Waals surface area contributed by atoms with E-state index in [0.29, 0.717) is 0 Å². The maximum Gasteiger partial charge on any atom is 0.0612 e. The van der Waals surface area contributed by atoms with Gasteiger partial charge in [-0.05, 0) is 38.4 Å². The second kappa shape index (κ2) is 6.30. The normalized spacial score (nSPS) is 11.8. The minimum atomic E-state index is 0.248. The molecular weight excluding hydrogens is 196 g/mol. The van der Waals surface area contributed by atoms with Crippen LogP contribution < -0.4 is 5.32 Å². The molecule has 2 heteroatoms. The summed E-state index contributed by atoms with van der Waals surface area (Å²) in [5, 5.41) is 3.43. The molecule has 0 fully saturated rings. The first-order valence-corrected chi connectivity index (χ1v) is 5.75. The lowest BCUT2D eigenvalue weighted by molar-refractivity contribution is 0.548. The van der Waals surface area contributed by atoms with Gasteiger partial charge in [0.05, 0.1) is 11.7 Å². The van der Waals surface area contributed by atoms with E-state index >= 15 is 0 Å². The molecule has 1 aromatic rings. The van der Waals surface area contributed by atoms with Gasteiger partial charge >= 0.3 is 0 Å². The van der Waals surface area contributed by atoms with Gasteiger partial charge in [-0.2, -0.15) is 0 Å². The average Bonchev–Trinajstić information content (AvgIpc) is 2.25. The number of pyridine rings is 1. The zero-order valence-electron chi connectivity index (χ0n) is 10.6. The van der Waals surface area contributed by atoms with Crippen LogP contribution in [0.4, 0.5) is 0 Å². The maximum absolute atomic E-state index is 4.52. The van der Waals surface area contributed by atoms with Crippen molar-refractivity contribution in [1.82, 2.24) is 10.3 Å². The van der Waals surface area contributed by atoms with E-state index in [1.807, 2.05) is 13.1 Å². The van der Waals surface area contributed by atoms with Crippen molar-refractivity contribution >= 4 is 0 Å². The first kappa shape index (κ1) is 12.7. The van der Waals surface area contributed by atoms with E-state index in [1.165, 1.54) is 11.1 Å². The Hall–Kier alpha value is -1.33. The van der Waals surface area contributed by atoms with Gasteiger partial charge in [0.1, 0.15) is 0 Å². The van der Waals surface area contributed by atoms with Crippen molar-refractivity contribution < 1.29 is 0 Å². The number of rotatable bonds is 4. The predicted molar refractivity (Wildman–Crippen MR) is 68.2 cm³/mol. The number of nitrogens with zero attached hydrogens (tertiary/aromatic N) is 1. The molecule has 1 heterocycles. The Morgan fingerprint density at radius 1 is 1.44 bits per heavy atom. The molecule has 0 saturated carbocycles. The van der Waals surface area contributed by atoms with E-state index in [-0.39, 0.29) is 6.04 Å². The number of aromatic nitrogens is 1. The van der Waals surface area contributed by atoms with Crippen molar-refractivity contribution in [3.63, 3.8) is 0 Å². The van der Waals surface area contributed by atoms with Crippen molar-refractivity contribution in [3.8, 4) is 11.8 Å². The van der Waals surface area contributed by atoms with Gasteiger partial charge in [-0.1, -0.05) is 13.0 Å². The molecule has 0 aliphatic heterocycles. The van der Waals surface area contributed by atoms with Crippen LogP contribution >= 0.6 is 0 Å². The van der Waals surface area contributed by atoms with Gasteiger partial charge in [-0.25, -0.2) is 0 Å². The second-order valence-electron chi connectivity index (χ2n) is 3.96. The van der Waals surface area contributed by atoms with Crippen LogP contribution in [0.5, 0.6) is 0 Å². The van der Waals surface area contributed by atoms with E-state index in [9.17, 15) is 0 Å². The van der Waals surface area contributed by atoms with Gasteiger partial charge in [0, 0.05) is 12.6 Å². The molecule has 1 rings (SSSR count). The fraction of sp³-hybridized carbons (Fsp3) is 0.500. The van der Waals surface area contributed by atoms with Crippen molar-refractivity contribution in [2.75, 3.05) is 6.54 Å². The van der Waals surface area contributed by atoms with Crippen LogP contribution in [0.15, 0.2) is 12.3 Å². The highest BCUT2D eigenvalue weighted by Crippen LogP contribution is 2.18. The topological polar surface area (TPSA) is 24.9 Å². The van der Waals surface area contributed by atoms with Gasteiger partial charge < -0.3 is 5.32 Å². The van der Waals surface area contributed by atoms with Gasteiger partial charge in [0.25, 0.3) is 0 Å². The first-order chi connectivity index (χ1) is 7.69. The summed E-state index contributed by atoms with van der Waals surface area (Å²) in [5.41, 5.74) is 3.57. The van der Waals surface area contributed by atoms with Crippen molar-refractivity contribution in [3.05, 3.63) is 29.1 Å². The molecule has 86 valence electrons. The average molecular weight is 216 g/mol. The van der Waals surface area contributed by atoms with Crippen LogP contribution in [0.1, 0.15) is 43.1 Å². The number of hydrogen-bond donors (Lipinski definition) is 1. The molecule has 1 atom stereocenters. The first-order valence-electron chi connectivity index (χ1n) is 5.75. The Balaban J connectivity index is 2.94. The van der Waals surface area contributed by atoms with Crippen LogP contribution in [0, 0.1) is 25.7 Å². The molecule has 16 heavy (non-hydrogen) atoms. The second-order valence-corrected chi connectivity index (χ2v) is 3.96. The van der Waals surface area contributed by atoms with E-state index < -0.39 is 0 Å². The van der Waals surface area contributed by atoms with Crippen molar-refractivity contribution in [2.24, 2.45) is 0 Å². The van der Waals surface area contributed by atoms with E-state index in [1.54, 1.807) is 0 Å². The highest BCUT2D eigenvalue weighted by Gasteiger charge is 2.12. The summed E-state index contributed by atoms with van der Waals surface area (Å²) in [6.45, 7) is 9.09. The Kier molecular flexibility index (Phi) is 5.01. The fourth-order valence-electron chi connectivity index (χ4n) is 1.81. The van der Waals surface area contributed by atoms with Gasteiger partial charge in [0.2, 0.25) is 0 Å². The SMILES string of the molecule is CC#CCC(NCC)c1ncc(C)cc1C. The molecule has 1 N–H and O–H groups in total. The van der Waals surface area contributed by atoms with E-state index in [4.69, 9.17) is 0 Å². The quantitative estimate of drug-likeness (QED) is 0.783. The molecule has 1 unspecified atom stereocenters. The van der Waals surface area contributed by atoms with Gasteiger partial charge in [-0.3, -0.25) is 4.98 Å². The monoisotopic (exact) mass is 216 g/mol. The molecule has 0 saturated heterocycles. The Labute approximate surface area is 98.5 Å². The summed E-state index contributed by atoms with van der Waals surface area (Å²) >= 11 is 0. The third-order valence-electron chi connectivity index (χ3n) is 2.52. The zero-order valence-corrected chi connectivity index (χ0v) is 10.6. The van der Waals surface area contributed by atoms with Crippen molar-refractivity contribution in [1.29, 1.82) is 0 Å². The number of aryl methyl sites for hydroxylation is 2. The molecule has 1 aromatic heterocycles. The summed E-state index contributed by atoms with van der Waals surface area (Å²) < 4.78 is 0. The van der Waals surface area contributed by atoms with Crippen LogP contribution in [0.3, 0.4) is 0 Å². The molecule has 0 spiro atoms. The highest BCUT2D eigenvalue weighted by atomic mass is 14.9. The Morgan fingerprint density at radius 3 is 2.75 bits per heavy atom. The summed E-state index contributed by atoms with van der Waals surface area (Å²) in [4.78, 5) is 4.52. The van der Waals surface area contributed by atoms with Crippen molar-refractivity contribution in [2.45, 2.75) is 40.2 Å². The molecule has 0 aliphatic rings. The summed E-state index contributed by atoms with van der Waals surface area (Å²) in [7, 11) is 0. The summed E-state index contributed by atoms with van der Waals surface area (Å²) in [6, 6.07) is 2.42. The van der Waals surface area contributed by atoms with Gasteiger partial charge in [0.15, 0.2) is 0 Å². The third kappa shape index (κ3) is 3.36. The Morgan fingerprint density at radius 2 is 2.19 bits per heavy atom. The van der Waals surface area contributed by atoms with Crippen LogP contribution in [-0.4, -0.2) is 11.5 Å². The standard InChI is InChI=1S/C14H20N2/c1-5-7-8-13(15-6-2)14-12(4)9-11(3)10-16-14/h9-10,13,15H,6,8H2,1-4H3. The lowest BCUT2D eigenvalue weighted by Gasteiger charge is -2.17. The molecule has 0 radical (unpaired) electrons. The minimum Gasteiger partial charge on any atom is -0.308 e. The minimum absolute atomic E-state index is 0.248. The van der Waals surface area contributed by atoms with E-state index in [2.05, 4.69) is 49.0 Å². The molecule has 2 nitrogen and oxygen atoms in total. The third-order valence-corrected chi connectivity index (χ3v) is 2.52. The number of nitrogens with one attached hydrogen (secondary N) is 1. The lowest BCUT2D eigenvalue weighted by Crippen LogP contribution is -2.22. The molecule has 0 amide bonds. The molecule has 0 aliphatic carbocycles. The predicted octanol–water partition coefficient (Wildman–Crippen LogP) is 2.76. The summed E-state index contributed by atoms with van der Waals surface area (Å²) in [6.07, 6.45) is 2.74. The summed E-state index contributed by atoms with van der Waals surface area (Å²) in [5.74, 6) is 6.06. The molecule has 0 bridgehead atoms. The maximum atomic E-state index is 4.52. The Bertz CT molecular complexity index is 399. The molecule has 0 aromatic carbocycles. The fourth-order valence-corrected chi connectivity index (χ4v) is 1.81. The smallest absolute Gasteiger partial charge is 0.0612 e.